The van der Waals surface area contributed by atoms with Crippen LogP contribution >= 0.6 is 0 Å². The highest BCUT2D eigenvalue weighted by molar-refractivity contribution is 5.96. The molecule has 0 bridgehead atoms. The van der Waals surface area contributed by atoms with Crippen LogP contribution in [0.25, 0.3) is 22.0 Å². The minimum Gasteiger partial charge on any atom is -0.550 e. The third-order valence-corrected chi connectivity index (χ3v) is 18.0. The van der Waals surface area contributed by atoms with Crippen molar-refractivity contribution in [3.05, 3.63) is 53.7 Å². The molecule has 316 valence electrons. The molecular formula is C50H63NO8. The number of carboxylic acids is 1. The van der Waals surface area contributed by atoms with Gasteiger partial charge >= 0.3 is 0 Å². The van der Waals surface area contributed by atoms with Crippen LogP contribution < -0.4 is 28.6 Å². The van der Waals surface area contributed by atoms with Gasteiger partial charge in [-0.3, -0.25) is 4.79 Å². The Morgan fingerprint density at radius 2 is 1.63 bits per heavy atom. The summed E-state index contributed by atoms with van der Waals surface area (Å²) in [5.74, 6) is 2.92. The lowest BCUT2D eigenvalue weighted by atomic mass is 9.33. The van der Waals surface area contributed by atoms with Crippen LogP contribution in [-0.4, -0.2) is 44.0 Å². The lowest BCUT2D eigenvalue weighted by Gasteiger charge is -2.70. The van der Waals surface area contributed by atoms with Gasteiger partial charge in [-0.2, -0.15) is 4.57 Å². The Labute approximate surface area is 349 Å². The molecule has 10 rings (SSSR count). The standard InChI is InChI=1S/C30H46O4.C20H18NO4/c1-25(2)21-8-11-30(7)23(28(21,5)10-9-22(25)32)20(31)16-18-19-17-27(4,24(33)34)13-12-26(19,3)14-15-29(18,30)6;1-22-17-4-3-12-7-16-14-9-19-18(24-11-25-19)8-13(14)5-6-21(16)10-15(12)20(17)23-2/h16,19,21-23,32H,8-15,17H2,1-7H3,(H,33,34);3-4,7-10H,5-6,11H2,1-2H3/q;+1/p-1/t19-,21+,22+,23-,26-,27+,28+,29-,30-;/m1./s1. The summed E-state index contributed by atoms with van der Waals surface area (Å²) in [5, 5.41) is 25.1. The smallest absolute Gasteiger partial charge is 0.231 e. The number of rotatable bonds is 3. The summed E-state index contributed by atoms with van der Waals surface area (Å²) in [6.45, 7) is 16.9. The summed E-state index contributed by atoms with van der Waals surface area (Å²) >= 11 is 0. The Morgan fingerprint density at radius 1 is 0.898 bits per heavy atom. The summed E-state index contributed by atoms with van der Waals surface area (Å²) in [6.07, 6.45) is 12.8. The number of benzene rings is 2. The SMILES string of the molecule is CC1(C)[C@@H](O)CC[C@]2(C)[C@H]3C(=O)C=C4[C@H]5C[C@@](C)(C(=O)[O-])CC[C@]5(C)CC[C@@]4(C)[C@]3(C)CC[C@@H]12.COc1ccc2cc3[n+](cc2c1OC)CCc1cc2c(cc1-3)OCO2. The predicted molar refractivity (Wildman–Crippen MR) is 223 cm³/mol. The number of nitrogens with zero attached hydrogens (tertiary/aromatic N) is 1. The van der Waals surface area contributed by atoms with Gasteiger partial charge in [0.2, 0.25) is 12.5 Å². The van der Waals surface area contributed by atoms with Crippen molar-refractivity contribution in [1.82, 2.24) is 0 Å². The Balaban J connectivity index is 0.000000159. The summed E-state index contributed by atoms with van der Waals surface area (Å²) < 4.78 is 24.4. The van der Waals surface area contributed by atoms with Gasteiger partial charge in [0.15, 0.2) is 41.5 Å². The molecule has 0 radical (unpaired) electrons. The number of hydrogen-bond donors (Lipinski definition) is 1. The zero-order valence-electron chi connectivity index (χ0n) is 36.6. The van der Waals surface area contributed by atoms with Crippen LogP contribution in [0.1, 0.15) is 112 Å². The normalized spacial score (nSPS) is 37.2. The molecular weight excluding hydrogens is 743 g/mol. The van der Waals surface area contributed by atoms with Gasteiger partial charge in [0.05, 0.1) is 31.3 Å². The molecule has 0 saturated heterocycles. The first-order valence-electron chi connectivity index (χ1n) is 22.0. The van der Waals surface area contributed by atoms with Crippen LogP contribution in [0.2, 0.25) is 0 Å². The molecule has 2 aliphatic heterocycles. The summed E-state index contributed by atoms with van der Waals surface area (Å²) in [5.41, 5.74) is 3.60. The molecule has 59 heavy (non-hydrogen) atoms. The number of carbonyl (C=O) groups is 2. The quantitative estimate of drug-likeness (QED) is 0.264. The number of fused-ring (bicyclic) bond motifs is 12. The lowest BCUT2D eigenvalue weighted by molar-refractivity contribution is -0.686. The highest BCUT2D eigenvalue weighted by Gasteiger charge is 2.70. The number of ketones is 1. The van der Waals surface area contributed by atoms with Crippen LogP contribution in [0.15, 0.2) is 48.2 Å². The number of aliphatic hydroxyl groups excluding tert-OH is 1. The first-order chi connectivity index (χ1) is 27.8. The van der Waals surface area contributed by atoms with E-state index < -0.39 is 11.4 Å². The van der Waals surface area contributed by atoms with E-state index in [4.69, 9.17) is 18.9 Å². The third-order valence-electron chi connectivity index (χ3n) is 18.0. The average molecular weight is 806 g/mol. The minimum absolute atomic E-state index is 0.0419. The first kappa shape index (κ1) is 40.3. The van der Waals surface area contributed by atoms with Crippen molar-refractivity contribution in [2.75, 3.05) is 21.0 Å². The average Bonchev–Trinajstić information content (AvgIpc) is 3.66. The van der Waals surface area contributed by atoms with Crippen LogP contribution in [0.3, 0.4) is 0 Å². The fraction of sp³-hybridized carbons (Fsp3) is 0.620. The number of aliphatic carboxylic acids is 1. The Kier molecular flexibility index (Phi) is 9.18. The maximum atomic E-state index is 14.2. The second kappa shape index (κ2) is 13.4. The van der Waals surface area contributed by atoms with Gasteiger partial charge in [0.25, 0.3) is 0 Å². The maximum Gasteiger partial charge on any atom is 0.231 e. The Hall–Kier alpha value is -4.11. The molecule has 0 unspecified atom stereocenters. The van der Waals surface area contributed by atoms with Crippen molar-refractivity contribution < 1.29 is 43.3 Å². The fourth-order valence-corrected chi connectivity index (χ4v) is 14.1. The molecule has 4 saturated carbocycles. The summed E-state index contributed by atoms with van der Waals surface area (Å²) in [6, 6.07) is 10.4. The second-order valence-electron chi connectivity index (χ2n) is 21.2. The van der Waals surface area contributed by atoms with Crippen LogP contribution in [0.5, 0.6) is 23.0 Å². The Bertz CT molecular complexity index is 2300. The van der Waals surface area contributed by atoms with E-state index in [2.05, 4.69) is 76.6 Å². The zero-order chi connectivity index (χ0) is 42.1. The van der Waals surface area contributed by atoms with E-state index in [0.717, 1.165) is 91.7 Å². The molecule has 0 amide bonds. The minimum atomic E-state index is -0.940. The van der Waals surface area contributed by atoms with Crippen molar-refractivity contribution >= 4 is 22.5 Å². The Morgan fingerprint density at radius 3 is 2.34 bits per heavy atom. The number of carboxylic acid groups (broad SMARTS) is 1. The highest BCUT2D eigenvalue weighted by Crippen LogP contribution is 2.75. The number of pyridine rings is 1. The topological polar surface area (TPSA) is 118 Å². The summed E-state index contributed by atoms with van der Waals surface area (Å²) in [7, 11) is 3.34. The number of aryl methyl sites for hydroxylation is 2. The molecule has 1 aromatic heterocycles. The fourth-order valence-electron chi connectivity index (χ4n) is 14.1. The third kappa shape index (κ3) is 5.68. The number of ether oxygens (including phenoxy) is 4. The van der Waals surface area contributed by atoms with Gasteiger partial charge in [-0.05, 0) is 138 Å². The molecule has 9 atom stereocenters. The van der Waals surface area contributed by atoms with Crippen molar-refractivity contribution in [1.29, 1.82) is 0 Å². The van der Waals surface area contributed by atoms with E-state index in [1.807, 2.05) is 19.1 Å². The first-order valence-corrected chi connectivity index (χ1v) is 22.0. The van der Waals surface area contributed by atoms with Crippen LogP contribution in [0.4, 0.5) is 0 Å². The number of carbonyl (C=O) groups excluding carboxylic acids is 2. The molecule has 4 fully saturated rings. The van der Waals surface area contributed by atoms with Crippen molar-refractivity contribution in [2.24, 2.45) is 50.2 Å². The number of methoxy groups -OCH3 is 2. The number of allylic oxidation sites excluding steroid dienone is 2. The molecule has 9 nitrogen and oxygen atoms in total. The van der Waals surface area contributed by atoms with E-state index in [0.29, 0.717) is 25.6 Å². The van der Waals surface area contributed by atoms with Gasteiger partial charge in [-0.25, -0.2) is 0 Å². The van der Waals surface area contributed by atoms with Gasteiger partial charge in [0, 0.05) is 29.8 Å². The van der Waals surface area contributed by atoms with Crippen molar-refractivity contribution in [3.63, 3.8) is 0 Å². The monoisotopic (exact) mass is 805 g/mol. The molecule has 3 aromatic rings. The van der Waals surface area contributed by atoms with Crippen LogP contribution in [-0.2, 0) is 22.6 Å². The molecule has 5 aliphatic carbocycles. The van der Waals surface area contributed by atoms with E-state index in [1.54, 1.807) is 14.2 Å². The van der Waals surface area contributed by atoms with Gasteiger partial charge in [-0.1, -0.05) is 54.0 Å². The molecule has 9 heteroatoms. The molecule has 0 spiro atoms. The second-order valence-corrected chi connectivity index (χ2v) is 21.2. The predicted octanol–water partition coefficient (Wildman–Crippen LogP) is 8.17. The largest absolute Gasteiger partial charge is 0.550 e. The number of aromatic nitrogens is 1. The van der Waals surface area contributed by atoms with E-state index >= 15 is 0 Å². The summed E-state index contributed by atoms with van der Waals surface area (Å²) in [4.78, 5) is 26.3. The van der Waals surface area contributed by atoms with Gasteiger partial charge in [-0.15, -0.1) is 0 Å². The van der Waals surface area contributed by atoms with Gasteiger partial charge < -0.3 is 34.0 Å². The molecule has 2 aromatic carbocycles. The molecule has 1 N–H and O–H groups in total. The molecule has 7 aliphatic rings. The van der Waals surface area contributed by atoms with E-state index in [9.17, 15) is 19.8 Å². The van der Waals surface area contributed by atoms with Crippen molar-refractivity contribution in [3.8, 4) is 34.3 Å². The van der Waals surface area contributed by atoms with E-state index in [1.165, 1.54) is 22.4 Å². The highest BCUT2D eigenvalue weighted by atomic mass is 16.7. The van der Waals surface area contributed by atoms with Crippen molar-refractivity contribution in [2.45, 2.75) is 125 Å². The lowest BCUT2D eigenvalue weighted by Crippen LogP contribution is -2.66. The van der Waals surface area contributed by atoms with E-state index in [-0.39, 0.29) is 50.8 Å². The number of aliphatic hydroxyl groups is 1. The molecule has 3 heterocycles. The number of hydrogen-bond acceptors (Lipinski definition) is 8. The maximum absolute atomic E-state index is 14.2. The van der Waals surface area contributed by atoms with Crippen LogP contribution in [0, 0.1) is 50.2 Å². The van der Waals surface area contributed by atoms with Gasteiger partial charge in [0.1, 0.15) is 0 Å². The zero-order valence-corrected chi connectivity index (χ0v) is 36.6.